The number of halogens is 1. The molecule has 0 aromatic heterocycles. The Hall–Kier alpha value is -2.53. The maximum Gasteiger partial charge on any atom is 0.333 e. The second kappa shape index (κ2) is 10.6. The Morgan fingerprint density at radius 2 is 1.85 bits per heavy atom. The first-order chi connectivity index (χ1) is 15.7. The van der Waals surface area contributed by atoms with Gasteiger partial charge in [0.15, 0.2) is 6.04 Å². The quantitative estimate of drug-likeness (QED) is 0.170. The summed E-state index contributed by atoms with van der Waals surface area (Å²) < 4.78 is 36.1. The number of carbonyl (C=O) groups is 2. The fourth-order valence-corrected chi connectivity index (χ4v) is 6.81. The minimum Gasteiger partial charge on any atom is -0.497 e. The molecule has 0 bridgehead atoms. The summed E-state index contributed by atoms with van der Waals surface area (Å²) in [5.74, 6) is -0.851. The van der Waals surface area contributed by atoms with Gasteiger partial charge >= 0.3 is 5.97 Å². The lowest BCUT2D eigenvalue weighted by molar-refractivity contribution is -0.161. The molecule has 0 spiro atoms. The minimum atomic E-state index is -3.85. The fourth-order valence-electron chi connectivity index (χ4n) is 3.17. The maximum absolute atomic E-state index is 12.9. The molecule has 1 heterocycles. The summed E-state index contributed by atoms with van der Waals surface area (Å²) in [4.78, 5) is 26.7. The number of benzene rings is 2. The van der Waals surface area contributed by atoms with Crippen LogP contribution < -0.4 is 10.5 Å². The number of methoxy groups -OCH3 is 1. The first-order valence-electron chi connectivity index (χ1n) is 9.79. The lowest BCUT2D eigenvalue weighted by Gasteiger charge is -2.47. The van der Waals surface area contributed by atoms with E-state index >= 15 is 0 Å². The molecule has 3 atom stereocenters. The standard InChI is InChI=1S/C22H23ClN2O6S2/c1-14(12-23)19(22(27)31-13-15-8-10-16(30-2)11-9-15)25-20(26)18(24)21(25)32-33(28,29)17-6-4-3-5-7-17/h3-11,18-19,21H,1,12-13,24H2,2H3. The molecule has 8 nitrogen and oxygen atoms in total. The Bertz CT molecular complexity index is 1130. The van der Waals surface area contributed by atoms with Gasteiger partial charge in [0, 0.05) is 16.7 Å². The number of rotatable bonds is 10. The van der Waals surface area contributed by atoms with Gasteiger partial charge in [-0.2, -0.15) is 0 Å². The molecule has 2 aromatic rings. The van der Waals surface area contributed by atoms with E-state index in [1.54, 1.807) is 49.6 Å². The summed E-state index contributed by atoms with van der Waals surface area (Å²) >= 11 is 5.91. The second-order valence-corrected chi connectivity index (χ2v) is 11.4. The van der Waals surface area contributed by atoms with Crippen molar-refractivity contribution in [1.82, 2.24) is 4.90 Å². The van der Waals surface area contributed by atoms with Gasteiger partial charge in [0.2, 0.25) is 14.8 Å². The minimum absolute atomic E-state index is 0.0660. The number of amides is 1. The first kappa shape index (κ1) is 25.1. The van der Waals surface area contributed by atoms with Crippen LogP contribution in [0.1, 0.15) is 5.56 Å². The largest absolute Gasteiger partial charge is 0.497 e. The summed E-state index contributed by atoms with van der Waals surface area (Å²) in [6, 6.07) is 12.3. The van der Waals surface area contributed by atoms with Gasteiger partial charge in [-0.15, -0.1) is 11.6 Å². The van der Waals surface area contributed by atoms with Gasteiger partial charge < -0.3 is 20.1 Å². The average Bonchev–Trinajstić information content (AvgIpc) is 2.84. The summed E-state index contributed by atoms with van der Waals surface area (Å²) in [6.45, 7) is 3.71. The van der Waals surface area contributed by atoms with Gasteiger partial charge in [0.05, 0.1) is 12.0 Å². The molecular formula is C22H23ClN2O6S2. The molecule has 1 aliphatic rings. The zero-order chi connectivity index (χ0) is 24.2. The van der Waals surface area contributed by atoms with E-state index in [1.165, 1.54) is 12.1 Å². The van der Waals surface area contributed by atoms with Crippen molar-refractivity contribution in [3.63, 3.8) is 0 Å². The number of likely N-dealkylation sites (tertiary alicyclic amines) is 1. The lowest BCUT2D eigenvalue weighted by Crippen LogP contribution is -2.71. The highest BCUT2D eigenvalue weighted by Crippen LogP contribution is 2.39. The molecule has 3 unspecified atom stereocenters. The molecule has 1 fully saturated rings. The summed E-state index contributed by atoms with van der Waals surface area (Å²) in [7, 11) is -1.81. The van der Waals surface area contributed by atoms with Gasteiger partial charge in [-0.3, -0.25) is 4.79 Å². The van der Waals surface area contributed by atoms with Crippen molar-refractivity contribution < 1.29 is 27.5 Å². The van der Waals surface area contributed by atoms with Crippen molar-refractivity contribution in [3.8, 4) is 5.75 Å². The molecule has 33 heavy (non-hydrogen) atoms. The number of hydrogen-bond acceptors (Lipinski definition) is 8. The molecule has 176 valence electrons. The molecule has 0 saturated carbocycles. The second-order valence-electron chi connectivity index (χ2n) is 7.18. The highest BCUT2D eigenvalue weighted by atomic mass is 35.5. The third-order valence-corrected chi connectivity index (χ3v) is 9.07. The van der Waals surface area contributed by atoms with E-state index in [2.05, 4.69) is 6.58 Å². The van der Waals surface area contributed by atoms with Crippen molar-refractivity contribution in [2.24, 2.45) is 5.73 Å². The van der Waals surface area contributed by atoms with Crippen LogP contribution in [0.15, 0.2) is 71.6 Å². The van der Waals surface area contributed by atoms with Crippen LogP contribution in [0.5, 0.6) is 5.75 Å². The molecule has 3 rings (SSSR count). The van der Waals surface area contributed by atoms with Gasteiger partial charge in [-0.05, 0) is 35.4 Å². The Kier molecular flexibility index (Phi) is 8.06. The highest BCUT2D eigenvalue weighted by Gasteiger charge is 2.53. The van der Waals surface area contributed by atoms with Crippen LogP contribution in [0, 0.1) is 0 Å². The van der Waals surface area contributed by atoms with Gasteiger partial charge in [-0.1, -0.05) is 36.9 Å². The number of carbonyl (C=O) groups excluding carboxylic acids is 2. The van der Waals surface area contributed by atoms with Crippen LogP contribution in [0.25, 0.3) is 0 Å². The average molecular weight is 511 g/mol. The van der Waals surface area contributed by atoms with E-state index in [0.29, 0.717) is 22.1 Å². The van der Waals surface area contributed by atoms with Crippen LogP contribution in [-0.2, 0) is 29.8 Å². The molecular weight excluding hydrogens is 488 g/mol. The number of nitrogens with two attached hydrogens (primary N) is 1. The summed E-state index contributed by atoms with van der Waals surface area (Å²) in [5, 5.41) is -1.01. The summed E-state index contributed by atoms with van der Waals surface area (Å²) in [6.07, 6.45) is 0. The fraction of sp³-hybridized carbons (Fsp3) is 0.273. The number of β-lactam (4-membered cyclic amide) rings is 1. The number of esters is 1. The van der Waals surface area contributed by atoms with E-state index in [4.69, 9.17) is 26.8 Å². The van der Waals surface area contributed by atoms with Crippen molar-refractivity contribution in [1.29, 1.82) is 0 Å². The Balaban J connectivity index is 1.78. The number of ether oxygens (including phenoxy) is 2. The SMILES string of the molecule is C=C(CCl)C(C(=O)OCc1ccc(OC)cc1)N1C(=O)C(N)C1SS(=O)(=O)c1ccccc1. The maximum atomic E-state index is 12.9. The van der Waals surface area contributed by atoms with E-state index in [0.717, 1.165) is 4.90 Å². The Morgan fingerprint density at radius 1 is 1.21 bits per heavy atom. The molecule has 1 amide bonds. The van der Waals surface area contributed by atoms with E-state index in [1.807, 2.05) is 0 Å². The van der Waals surface area contributed by atoms with Crippen LogP contribution in [0.2, 0.25) is 0 Å². The molecule has 1 saturated heterocycles. The van der Waals surface area contributed by atoms with Crippen LogP contribution >= 0.6 is 22.4 Å². The van der Waals surface area contributed by atoms with Crippen molar-refractivity contribution in [3.05, 3.63) is 72.3 Å². The molecule has 0 radical (unpaired) electrons. The van der Waals surface area contributed by atoms with Gasteiger partial charge in [0.25, 0.3) is 0 Å². The zero-order valence-corrected chi connectivity index (χ0v) is 20.1. The Labute approximate surface area is 201 Å². The predicted octanol–water partition coefficient (Wildman–Crippen LogP) is 2.52. The van der Waals surface area contributed by atoms with E-state index in [-0.39, 0.29) is 23.0 Å². The van der Waals surface area contributed by atoms with Crippen LogP contribution in [0.4, 0.5) is 0 Å². The normalized spacial score (nSPS) is 18.9. The van der Waals surface area contributed by atoms with Crippen LogP contribution in [-0.4, -0.2) is 55.6 Å². The Morgan fingerprint density at radius 3 is 2.42 bits per heavy atom. The number of nitrogens with zero attached hydrogens (tertiary/aromatic N) is 1. The zero-order valence-electron chi connectivity index (χ0n) is 17.7. The topological polar surface area (TPSA) is 116 Å². The highest BCUT2D eigenvalue weighted by molar-refractivity contribution is 8.72. The van der Waals surface area contributed by atoms with Gasteiger partial charge in [-0.25, -0.2) is 13.2 Å². The monoisotopic (exact) mass is 510 g/mol. The first-order valence-corrected chi connectivity index (χ1v) is 13.2. The lowest BCUT2D eigenvalue weighted by atomic mass is 10.00. The van der Waals surface area contributed by atoms with Crippen molar-refractivity contribution in [2.45, 2.75) is 29.0 Å². The number of alkyl halides is 1. The van der Waals surface area contributed by atoms with E-state index < -0.39 is 38.2 Å². The predicted molar refractivity (Wildman–Crippen MR) is 126 cm³/mol. The molecule has 1 aliphatic heterocycles. The smallest absolute Gasteiger partial charge is 0.333 e. The molecule has 2 N–H and O–H groups in total. The third-order valence-electron chi connectivity index (χ3n) is 4.98. The van der Waals surface area contributed by atoms with E-state index in [9.17, 15) is 18.0 Å². The van der Waals surface area contributed by atoms with Crippen LogP contribution in [0.3, 0.4) is 0 Å². The van der Waals surface area contributed by atoms with Crippen molar-refractivity contribution >= 4 is 43.1 Å². The van der Waals surface area contributed by atoms with Crippen molar-refractivity contribution in [2.75, 3.05) is 13.0 Å². The summed E-state index contributed by atoms with van der Waals surface area (Å²) in [5.41, 5.74) is 6.80. The molecule has 2 aromatic carbocycles. The molecule has 11 heteroatoms. The number of hydrogen-bond donors (Lipinski definition) is 1. The molecule has 0 aliphatic carbocycles. The van der Waals surface area contributed by atoms with Gasteiger partial charge in [0.1, 0.15) is 23.8 Å². The third kappa shape index (κ3) is 5.52.